The summed E-state index contributed by atoms with van der Waals surface area (Å²) >= 11 is 0. The summed E-state index contributed by atoms with van der Waals surface area (Å²) in [5.41, 5.74) is 25.4. The highest BCUT2D eigenvalue weighted by molar-refractivity contribution is 6.06. The van der Waals surface area contributed by atoms with Crippen LogP contribution < -0.4 is 9.80 Å². The topological polar surface area (TPSA) is 16.3 Å². The summed E-state index contributed by atoms with van der Waals surface area (Å²) in [7, 11) is 0. The Morgan fingerprint density at radius 1 is 0.214 bits per heavy atom. The zero-order valence-corrected chi connectivity index (χ0v) is 54.4. The fraction of sp³-hybridized carbons (Fsp3) is 0.0213. The molecule has 0 aliphatic carbocycles. The van der Waals surface area contributed by atoms with Crippen LogP contribution in [0.5, 0.6) is 0 Å². The Morgan fingerprint density at radius 2 is 0.510 bits per heavy atom. The van der Waals surface area contributed by atoms with E-state index in [-0.39, 0.29) is 0 Å². The molecule has 0 atom stereocenters. The van der Waals surface area contributed by atoms with E-state index in [4.69, 9.17) is 0 Å². The molecule has 0 amide bonds. The van der Waals surface area contributed by atoms with Crippen LogP contribution in [0.4, 0.5) is 34.1 Å². The first kappa shape index (κ1) is 57.9. The van der Waals surface area contributed by atoms with Crippen LogP contribution in [0.1, 0.15) is 11.4 Å². The van der Waals surface area contributed by atoms with Crippen molar-refractivity contribution in [3.63, 3.8) is 0 Å². The lowest BCUT2D eigenvalue weighted by Gasteiger charge is -2.27. The number of benzene rings is 16. The first-order valence-corrected chi connectivity index (χ1v) is 33.8. The highest BCUT2D eigenvalue weighted by Crippen LogP contribution is 2.47. The van der Waals surface area contributed by atoms with E-state index in [0.717, 1.165) is 67.7 Å². The SMILES string of the molecule is Cc1c(-c2ccccc2)c2cc(-c3ccc4c(c3)c(-c3ccccc3)c(C)n4-c3ccc(N(c4ccc(-c5cccc6ccccc56)cc4)c4cccc5ccccc45)cc3)ccc2n1-c1ccc(N(c2ccc(-c3cccc4ccccc34)cc2)c2cccc3ccccc23)cc1. The Labute approximate surface area is 570 Å². The quantitative estimate of drug-likeness (QED) is 0.114. The molecule has 462 valence electrons. The number of rotatable bonds is 13. The minimum Gasteiger partial charge on any atom is -0.313 e. The number of hydrogen-bond acceptors (Lipinski definition) is 2. The second-order valence-electron chi connectivity index (χ2n) is 25.6. The molecule has 18 aromatic rings. The van der Waals surface area contributed by atoms with E-state index in [1.54, 1.807) is 0 Å². The standard InChI is InChI=1S/C94H66N4/c1-63-93(71-25-5-3-6-26-71)87-61-73(45-59-91(87)95(63)75-51-55-79(56-52-75)97(89-39-19-31-67-23-11-15-35-85(67)89)77-47-41-69(42-48-77)83-37-17-29-65-21-9-13-33-81(65)83)74-46-60-92-88(62-74)94(72-27-7-4-8-28-72)64(2)96(92)76-53-57-80(58-54-76)98(90-40-20-32-68-24-12-16-36-86(68)90)78-49-43-70(44-50-78)84-38-18-30-66-22-10-14-34-82(66)84/h3-62H,1-2H3. The summed E-state index contributed by atoms with van der Waals surface area (Å²) in [5.74, 6) is 0. The van der Waals surface area contributed by atoms with Gasteiger partial charge in [-0.15, -0.1) is 0 Å². The molecule has 0 bridgehead atoms. The van der Waals surface area contributed by atoms with Gasteiger partial charge in [0, 0.05) is 78.2 Å². The second kappa shape index (κ2) is 24.2. The number of aromatic nitrogens is 2. The molecule has 4 heteroatoms. The Bertz CT molecular complexity index is 5650. The molecule has 2 aromatic heterocycles. The first-order chi connectivity index (χ1) is 48.5. The van der Waals surface area contributed by atoms with Gasteiger partial charge in [0.15, 0.2) is 0 Å². The molecule has 0 fully saturated rings. The summed E-state index contributed by atoms with van der Waals surface area (Å²) in [6.45, 7) is 4.55. The average Bonchev–Trinajstić information content (AvgIpc) is 1.54. The number of nitrogens with zero attached hydrogens (tertiary/aromatic N) is 4. The van der Waals surface area contributed by atoms with Crippen LogP contribution >= 0.6 is 0 Å². The van der Waals surface area contributed by atoms with Crippen LogP contribution in [0.3, 0.4) is 0 Å². The Morgan fingerprint density at radius 3 is 0.888 bits per heavy atom. The van der Waals surface area contributed by atoms with E-state index in [0.29, 0.717) is 0 Å². The van der Waals surface area contributed by atoms with Crippen LogP contribution in [0, 0.1) is 13.8 Å². The fourth-order valence-corrected chi connectivity index (χ4v) is 15.5. The maximum Gasteiger partial charge on any atom is 0.0540 e. The highest BCUT2D eigenvalue weighted by atomic mass is 15.2. The lowest BCUT2D eigenvalue weighted by atomic mass is 9.96. The van der Waals surface area contributed by atoms with Crippen molar-refractivity contribution >= 4 is 99.0 Å². The van der Waals surface area contributed by atoms with Crippen molar-refractivity contribution in [3.8, 4) is 67.0 Å². The van der Waals surface area contributed by atoms with Crippen molar-refractivity contribution in [1.29, 1.82) is 0 Å². The van der Waals surface area contributed by atoms with Crippen molar-refractivity contribution < 1.29 is 0 Å². The summed E-state index contributed by atoms with van der Waals surface area (Å²) in [4.78, 5) is 4.81. The van der Waals surface area contributed by atoms with Gasteiger partial charge in [0.1, 0.15) is 0 Å². The van der Waals surface area contributed by atoms with Crippen molar-refractivity contribution in [2.24, 2.45) is 0 Å². The number of fused-ring (bicyclic) bond motifs is 6. The van der Waals surface area contributed by atoms with Crippen molar-refractivity contribution in [2.75, 3.05) is 9.80 Å². The molecular weight excluding hydrogens is 1190 g/mol. The van der Waals surface area contributed by atoms with E-state index in [1.165, 1.54) is 110 Å². The van der Waals surface area contributed by atoms with Gasteiger partial charge in [-0.2, -0.15) is 0 Å². The third-order valence-corrected chi connectivity index (χ3v) is 20.1. The molecule has 0 aliphatic heterocycles. The summed E-state index contributed by atoms with van der Waals surface area (Å²) in [6.07, 6.45) is 0. The molecule has 0 N–H and O–H groups in total. The predicted octanol–water partition coefficient (Wildman–Crippen LogP) is 26.1. The fourth-order valence-electron chi connectivity index (χ4n) is 15.5. The van der Waals surface area contributed by atoms with Gasteiger partial charge in [-0.3, -0.25) is 0 Å². The summed E-state index contributed by atoms with van der Waals surface area (Å²) in [6, 6.07) is 133. The van der Waals surface area contributed by atoms with Gasteiger partial charge in [0.25, 0.3) is 0 Å². The maximum absolute atomic E-state index is 2.45. The van der Waals surface area contributed by atoms with Gasteiger partial charge in [0.2, 0.25) is 0 Å². The van der Waals surface area contributed by atoms with Gasteiger partial charge in [0.05, 0.1) is 22.4 Å². The van der Waals surface area contributed by atoms with Gasteiger partial charge >= 0.3 is 0 Å². The monoisotopic (exact) mass is 1250 g/mol. The molecule has 18 rings (SSSR count). The van der Waals surface area contributed by atoms with E-state index < -0.39 is 0 Å². The Hall–Kier alpha value is -12.8. The third kappa shape index (κ3) is 10.0. The lowest BCUT2D eigenvalue weighted by molar-refractivity contribution is 1.05. The molecule has 0 spiro atoms. The van der Waals surface area contributed by atoms with Crippen LogP contribution in [-0.4, -0.2) is 9.13 Å². The molecule has 0 unspecified atom stereocenters. The van der Waals surface area contributed by atoms with E-state index >= 15 is 0 Å². The normalized spacial score (nSPS) is 11.6. The largest absolute Gasteiger partial charge is 0.313 e. The average molecular weight is 1250 g/mol. The summed E-state index contributed by atoms with van der Waals surface area (Å²) < 4.78 is 4.89. The molecule has 98 heavy (non-hydrogen) atoms. The Kier molecular flexibility index (Phi) is 14.3. The zero-order valence-electron chi connectivity index (χ0n) is 54.4. The smallest absolute Gasteiger partial charge is 0.0540 e. The van der Waals surface area contributed by atoms with Crippen molar-refractivity contribution in [3.05, 3.63) is 375 Å². The van der Waals surface area contributed by atoms with E-state index in [1.807, 2.05) is 0 Å². The predicted molar refractivity (Wildman–Crippen MR) is 416 cm³/mol. The zero-order chi connectivity index (χ0) is 65.2. The first-order valence-electron chi connectivity index (χ1n) is 33.8. The van der Waals surface area contributed by atoms with E-state index in [2.05, 4.69) is 397 Å². The van der Waals surface area contributed by atoms with E-state index in [9.17, 15) is 0 Å². The number of anilines is 6. The van der Waals surface area contributed by atoms with Gasteiger partial charge < -0.3 is 18.9 Å². The van der Waals surface area contributed by atoms with Crippen molar-refractivity contribution in [1.82, 2.24) is 9.13 Å². The van der Waals surface area contributed by atoms with Gasteiger partial charge in [-0.05, 0) is 200 Å². The molecule has 0 saturated heterocycles. The molecule has 2 heterocycles. The molecule has 4 nitrogen and oxygen atoms in total. The third-order valence-electron chi connectivity index (χ3n) is 20.1. The highest BCUT2D eigenvalue weighted by Gasteiger charge is 2.24. The Balaban J connectivity index is 0.720. The number of hydrogen-bond donors (Lipinski definition) is 0. The maximum atomic E-state index is 2.45. The minimum absolute atomic E-state index is 1.08. The molecule has 0 aliphatic rings. The van der Waals surface area contributed by atoms with Crippen LogP contribution in [0.25, 0.3) is 132 Å². The lowest BCUT2D eigenvalue weighted by Crippen LogP contribution is -2.10. The molecular formula is C94H66N4. The van der Waals surface area contributed by atoms with Gasteiger partial charge in [-0.25, -0.2) is 0 Å². The second-order valence-corrected chi connectivity index (χ2v) is 25.6. The van der Waals surface area contributed by atoms with Crippen LogP contribution in [-0.2, 0) is 0 Å². The molecule has 0 radical (unpaired) electrons. The van der Waals surface area contributed by atoms with Crippen LogP contribution in [0.15, 0.2) is 364 Å². The van der Waals surface area contributed by atoms with Crippen molar-refractivity contribution in [2.45, 2.75) is 13.8 Å². The van der Waals surface area contributed by atoms with Gasteiger partial charge in [-0.1, -0.05) is 255 Å². The van der Waals surface area contributed by atoms with Crippen LogP contribution in [0.2, 0.25) is 0 Å². The molecule has 16 aromatic carbocycles. The molecule has 0 saturated carbocycles. The summed E-state index contributed by atoms with van der Waals surface area (Å²) in [5, 5.41) is 12.2. The minimum atomic E-state index is 1.08.